The van der Waals surface area contributed by atoms with Gasteiger partial charge in [0.1, 0.15) is 0 Å². The van der Waals surface area contributed by atoms with Crippen molar-refractivity contribution in [3.8, 4) is 10.4 Å². The minimum atomic E-state index is 0.0946. The fourth-order valence-corrected chi connectivity index (χ4v) is 3.04. The van der Waals surface area contributed by atoms with Crippen LogP contribution in [0.15, 0.2) is 66.7 Å². The summed E-state index contributed by atoms with van der Waals surface area (Å²) < 4.78 is 0. The third-order valence-electron chi connectivity index (χ3n) is 3.20. The first-order valence-corrected chi connectivity index (χ1v) is 7.32. The Morgan fingerprint density at radius 2 is 1.55 bits per heavy atom. The molecule has 3 aromatic rings. The zero-order valence-electron chi connectivity index (χ0n) is 11.2. The number of carbonyl (C=O) groups excluding carboxylic acids is 1. The van der Waals surface area contributed by atoms with Crippen LogP contribution in [0.25, 0.3) is 10.4 Å². The highest BCUT2D eigenvalue weighted by Gasteiger charge is 2.12. The van der Waals surface area contributed by atoms with Gasteiger partial charge in [-0.3, -0.25) is 4.79 Å². The van der Waals surface area contributed by atoms with Gasteiger partial charge in [-0.1, -0.05) is 60.2 Å². The van der Waals surface area contributed by atoms with E-state index in [1.54, 1.807) is 11.3 Å². The van der Waals surface area contributed by atoms with Gasteiger partial charge in [-0.2, -0.15) is 0 Å². The number of benzene rings is 2. The quantitative estimate of drug-likeness (QED) is 0.619. The van der Waals surface area contributed by atoms with Crippen molar-refractivity contribution in [2.75, 3.05) is 0 Å². The molecule has 0 amide bonds. The molecule has 1 nitrogen and oxygen atoms in total. The summed E-state index contributed by atoms with van der Waals surface area (Å²) in [5, 5.41) is 0. The molecule has 0 fully saturated rings. The maximum atomic E-state index is 12.4. The third kappa shape index (κ3) is 2.56. The van der Waals surface area contributed by atoms with Crippen molar-refractivity contribution >= 4 is 17.1 Å². The molecule has 0 atom stereocenters. The Morgan fingerprint density at radius 1 is 0.850 bits per heavy atom. The minimum Gasteiger partial charge on any atom is -0.288 e. The van der Waals surface area contributed by atoms with Crippen molar-refractivity contribution < 1.29 is 4.79 Å². The number of hydrogen-bond donors (Lipinski definition) is 0. The van der Waals surface area contributed by atoms with Crippen LogP contribution in [-0.2, 0) is 0 Å². The Kier molecular flexibility index (Phi) is 3.48. The molecule has 2 heteroatoms. The molecule has 3 rings (SSSR count). The molecular weight excluding hydrogens is 264 g/mol. The second kappa shape index (κ2) is 5.43. The number of rotatable bonds is 3. The zero-order chi connectivity index (χ0) is 13.9. The van der Waals surface area contributed by atoms with E-state index >= 15 is 0 Å². The lowest BCUT2D eigenvalue weighted by molar-refractivity contribution is 0.104. The van der Waals surface area contributed by atoms with Crippen molar-refractivity contribution in [2.24, 2.45) is 0 Å². The van der Waals surface area contributed by atoms with Crippen LogP contribution >= 0.6 is 11.3 Å². The average molecular weight is 278 g/mol. The van der Waals surface area contributed by atoms with E-state index in [9.17, 15) is 4.79 Å². The predicted octanol–water partition coefficient (Wildman–Crippen LogP) is 4.95. The van der Waals surface area contributed by atoms with E-state index in [1.165, 1.54) is 0 Å². The van der Waals surface area contributed by atoms with Crippen LogP contribution < -0.4 is 0 Å². The smallest absolute Gasteiger partial charge is 0.202 e. The number of carbonyl (C=O) groups is 1. The van der Waals surface area contributed by atoms with Gasteiger partial charge in [0.2, 0.25) is 5.78 Å². The monoisotopic (exact) mass is 278 g/mol. The summed E-state index contributed by atoms with van der Waals surface area (Å²) in [5.41, 5.74) is 3.07. The summed E-state index contributed by atoms with van der Waals surface area (Å²) >= 11 is 1.54. The Bertz CT molecular complexity index is 724. The Hall–Kier alpha value is -2.19. The molecule has 0 bridgehead atoms. The maximum absolute atomic E-state index is 12.4. The van der Waals surface area contributed by atoms with Crippen LogP contribution in [-0.4, -0.2) is 5.78 Å². The van der Waals surface area contributed by atoms with E-state index in [4.69, 9.17) is 0 Å². The highest BCUT2D eigenvalue weighted by atomic mass is 32.1. The minimum absolute atomic E-state index is 0.0946. The summed E-state index contributed by atoms with van der Waals surface area (Å²) in [4.78, 5) is 14.3. The Labute approximate surface area is 122 Å². The molecule has 2 aromatic carbocycles. The molecule has 20 heavy (non-hydrogen) atoms. The van der Waals surface area contributed by atoms with Gasteiger partial charge >= 0.3 is 0 Å². The van der Waals surface area contributed by atoms with Crippen molar-refractivity contribution in [2.45, 2.75) is 6.92 Å². The molecule has 1 heterocycles. The number of hydrogen-bond acceptors (Lipinski definition) is 2. The van der Waals surface area contributed by atoms with E-state index in [0.29, 0.717) is 0 Å². The van der Waals surface area contributed by atoms with Gasteiger partial charge in [-0.05, 0) is 24.6 Å². The van der Waals surface area contributed by atoms with Crippen molar-refractivity contribution in [3.05, 3.63) is 82.7 Å². The van der Waals surface area contributed by atoms with E-state index in [0.717, 1.165) is 26.4 Å². The van der Waals surface area contributed by atoms with Gasteiger partial charge in [0.15, 0.2) is 0 Å². The number of ketones is 1. The van der Waals surface area contributed by atoms with Crippen LogP contribution in [0.5, 0.6) is 0 Å². The molecule has 0 unspecified atom stereocenters. The van der Waals surface area contributed by atoms with Crippen LogP contribution in [0, 0.1) is 6.92 Å². The molecule has 0 aliphatic heterocycles. The van der Waals surface area contributed by atoms with Gasteiger partial charge in [-0.15, -0.1) is 11.3 Å². The third-order valence-corrected chi connectivity index (χ3v) is 4.33. The second-order valence-corrected chi connectivity index (χ2v) is 5.81. The van der Waals surface area contributed by atoms with Crippen LogP contribution in [0.1, 0.15) is 20.8 Å². The lowest BCUT2D eigenvalue weighted by Gasteiger charge is -1.99. The zero-order valence-corrected chi connectivity index (χ0v) is 12.0. The number of thiophene rings is 1. The summed E-state index contributed by atoms with van der Waals surface area (Å²) in [7, 11) is 0. The summed E-state index contributed by atoms with van der Waals surface area (Å²) in [5.74, 6) is 0.0946. The van der Waals surface area contributed by atoms with Crippen LogP contribution in [0.3, 0.4) is 0 Å². The molecule has 0 spiro atoms. The summed E-state index contributed by atoms with van der Waals surface area (Å²) in [6.45, 7) is 2.02. The first-order chi connectivity index (χ1) is 9.74. The lowest BCUT2D eigenvalue weighted by atomic mass is 10.1. The van der Waals surface area contributed by atoms with Gasteiger partial charge < -0.3 is 0 Å². The van der Waals surface area contributed by atoms with Crippen molar-refractivity contribution in [3.63, 3.8) is 0 Å². The predicted molar refractivity (Wildman–Crippen MR) is 84.4 cm³/mol. The fraction of sp³-hybridized carbons (Fsp3) is 0.0556. The first kappa shape index (κ1) is 12.8. The second-order valence-electron chi connectivity index (χ2n) is 4.73. The Balaban J connectivity index is 1.90. The summed E-state index contributed by atoms with van der Waals surface area (Å²) in [6.07, 6.45) is 0. The molecular formula is C18H14OS. The lowest BCUT2D eigenvalue weighted by Crippen LogP contribution is -1.97. The van der Waals surface area contributed by atoms with Gasteiger partial charge in [0.05, 0.1) is 4.88 Å². The number of aryl methyl sites for hydroxylation is 1. The first-order valence-electron chi connectivity index (χ1n) is 6.51. The molecule has 0 aliphatic carbocycles. The van der Waals surface area contributed by atoms with E-state index in [1.807, 2.05) is 61.5 Å². The van der Waals surface area contributed by atoms with Gasteiger partial charge in [0, 0.05) is 10.4 Å². The average Bonchev–Trinajstić information content (AvgIpc) is 2.98. The standard InChI is InChI=1S/C18H14OS/c1-13-7-9-15(10-8-13)18(19)17-12-11-16(20-17)14-5-3-2-4-6-14/h2-12H,1H3. The largest absolute Gasteiger partial charge is 0.288 e. The topological polar surface area (TPSA) is 17.1 Å². The Morgan fingerprint density at radius 3 is 2.25 bits per heavy atom. The molecule has 1 aromatic heterocycles. The normalized spacial score (nSPS) is 10.4. The van der Waals surface area contributed by atoms with Crippen molar-refractivity contribution in [1.82, 2.24) is 0 Å². The van der Waals surface area contributed by atoms with Crippen LogP contribution in [0.4, 0.5) is 0 Å². The van der Waals surface area contributed by atoms with Gasteiger partial charge in [0.25, 0.3) is 0 Å². The molecule has 98 valence electrons. The van der Waals surface area contributed by atoms with E-state index in [2.05, 4.69) is 12.1 Å². The van der Waals surface area contributed by atoms with Gasteiger partial charge in [-0.25, -0.2) is 0 Å². The molecule has 0 saturated heterocycles. The molecule has 0 aliphatic rings. The molecule has 0 radical (unpaired) electrons. The highest BCUT2D eigenvalue weighted by Crippen LogP contribution is 2.29. The van der Waals surface area contributed by atoms with Crippen LogP contribution in [0.2, 0.25) is 0 Å². The maximum Gasteiger partial charge on any atom is 0.202 e. The van der Waals surface area contributed by atoms with E-state index < -0.39 is 0 Å². The highest BCUT2D eigenvalue weighted by molar-refractivity contribution is 7.17. The summed E-state index contributed by atoms with van der Waals surface area (Å²) in [6, 6.07) is 21.8. The SMILES string of the molecule is Cc1ccc(C(=O)c2ccc(-c3ccccc3)s2)cc1. The molecule has 0 N–H and O–H groups in total. The van der Waals surface area contributed by atoms with E-state index in [-0.39, 0.29) is 5.78 Å². The fourth-order valence-electron chi connectivity index (χ4n) is 2.06. The van der Waals surface area contributed by atoms with Crippen molar-refractivity contribution in [1.29, 1.82) is 0 Å². The molecule has 0 saturated carbocycles.